The molecule has 4 aromatic rings. The van der Waals surface area contributed by atoms with Gasteiger partial charge in [-0.1, -0.05) is 29.8 Å². The van der Waals surface area contributed by atoms with Crippen LogP contribution in [0.5, 0.6) is 0 Å². The predicted octanol–water partition coefficient (Wildman–Crippen LogP) is 3.24. The number of hydrogen-bond donors (Lipinski definition) is 3. The Labute approximate surface area is 207 Å². The van der Waals surface area contributed by atoms with E-state index in [1.54, 1.807) is 12.4 Å². The molecule has 5 rings (SSSR count). The fraction of sp³-hybridized carbons (Fsp3) is 0.318. The molecular weight excluding hydrogens is 477 g/mol. The van der Waals surface area contributed by atoms with E-state index >= 15 is 0 Å². The first-order valence-corrected chi connectivity index (χ1v) is 11.2. The quantitative estimate of drug-likeness (QED) is 0.334. The number of hydrogen-bond acceptors (Lipinski definition) is 9. The Balaban J connectivity index is 0.00000274. The van der Waals surface area contributed by atoms with Gasteiger partial charge in [-0.15, -0.1) is 12.4 Å². The summed E-state index contributed by atoms with van der Waals surface area (Å²) >= 11 is 6.23. The van der Waals surface area contributed by atoms with Gasteiger partial charge in [0.05, 0.1) is 30.0 Å². The summed E-state index contributed by atoms with van der Waals surface area (Å²) in [6.45, 7) is 5.70. The highest BCUT2D eigenvalue weighted by atomic mass is 35.5. The smallest absolute Gasteiger partial charge is 0.224 e. The molecule has 0 atom stereocenters. The minimum absolute atomic E-state index is 0. The zero-order valence-corrected chi connectivity index (χ0v) is 19.9. The number of H-pyrrole nitrogens is 1. The highest BCUT2D eigenvalue weighted by molar-refractivity contribution is 6.31. The fourth-order valence-electron chi connectivity index (χ4n) is 3.63. The third-order valence-corrected chi connectivity index (χ3v) is 5.80. The maximum absolute atomic E-state index is 6.23. The van der Waals surface area contributed by atoms with Crippen molar-refractivity contribution in [3.8, 4) is 11.4 Å². The van der Waals surface area contributed by atoms with Crippen molar-refractivity contribution in [2.45, 2.75) is 6.54 Å². The van der Waals surface area contributed by atoms with Gasteiger partial charge in [0.2, 0.25) is 11.9 Å². The van der Waals surface area contributed by atoms with Crippen molar-refractivity contribution in [3.63, 3.8) is 0 Å². The number of halogens is 2. The van der Waals surface area contributed by atoms with Gasteiger partial charge in [0.15, 0.2) is 5.65 Å². The minimum atomic E-state index is 0. The summed E-state index contributed by atoms with van der Waals surface area (Å²) < 4.78 is 5.38. The summed E-state index contributed by atoms with van der Waals surface area (Å²) in [5, 5.41) is 15.4. The number of morpholine rings is 1. The molecule has 1 saturated heterocycles. The fourth-order valence-corrected chi connectivity index (χ4v) is 3.84. The van der Waals surface area contributed by atoms with Crippen LogP contribution in [0, 0.1) is 0 Å². The monoisotopic (exact) mass is 501 g/mol. The van der Waals surface area contributed by atoms with Gasteiger partial charge in [0.1, 0.15) is 0 Å². The molecule has 3 N–H and O–H groups in total. The number of aromatic nitrogens is 6. The van der Waals surface area contributed by atoms with E-state index in [1.807, 2.05) is 30.3 Å². The van der Waals surface area contributed by atoms with Gasteiger partial charge in [0.25, 0.3) is 0 Å². The van der Waals surface area contributed by atoms with Crippen molar-refractivity contribution in [3.05, 3.63) is 53.3 Å². The van der Waals surface area contributed by atoms with Crippen molar-refractivity contribution in [2.75, 3.05) is 50.0 Å². The van der Waals surface area contributed by atoms with Crippen LogP contribution in [0.1, 0.15) is 5.56 Å². The predicted molar refractivity (Wildman–Crippen MR) is 134 cm³/mol. The Kier molecular flexibility index (Phi) is 8.07. The highest BCUT2D eigenvalue weighted by Crippen LogP contribution is 2.24. The molecule has 0 unspecified atom stereocenters. The lowest BCUT2D eigenvalue weighted by Crippen LogP contribution is -2.39. The number of nitrogens with one attached hydrogen (secondary N) is 3. The normalized spacial score (nSPS) is 14.0. The third kappa shape index (κ3) is 5.71. The van der Waals surface area contributed by atoms with E-state index in [0.717, 1.165) is 56.0 Å². The largest absolute Gasteiger partial charge is 0.379 e. The van der Waals surface area contributed by atoms with E-state index in [-0.39, 0.29) is 12.4 Å². The van der Waals surface area contributed by atoms with Crippen LogP contribution in [0.25, 0.3) is 22.4 Å². The van der Waals surface area contributed by atoms with E-state index in [1.165, 1.54) is 0 Å². The van der Waals surface area contributed by atoms with Crippen LogP contribution in [0.2, 0.25) is 5.02 Å². The lowest BCUT2D eigenvalue weighted by molar-refractivity contribution is 0.0398. The molecule has 1 aromatic carbocycles. The molecule has 0 bridgehead atoms. The van der Waals surface area contributed by atoms with Gasteiger partial charge in [-0.3, -0.25) is 10.00 Å². The summed E-state index contributed by atoms with van der Waals surface area (Å²) in [5.41, 5.74) is 3.00. The van der Waals surface area contributed by atoms with Gasteiger partial charge < -0.3 is 15.4 Å². The van der Waals surface area contributed by atoms with Crippen LogP contribution in [0.15, 0.2) is 42.7 Å². The number of aromatic amines is 1. The van der Waals surface area contributed by atoms with Crippen molar-refractivity contribution >= 4 is 46.9 Å². The maximum Gasteiger partial charge on any atom is 0.224 e. The van der Waals surface area contributed by atoms with E-state index < -0.39 is 0 Å². The Morgan fingerprint density at radius 2 is 1.85 bits per heavy atom. The first-order valence-electron chi connectivity index (χ1n) is 10.8. The van der Waals surface area contributed by atoms with Gasteiger partial charge in [0, 0.05) is 50.1 Å². The van der Waals surface area contributed by atoms with E-state index in [2.05, 4.69) is 45.7 Å². The number of nitrogens with zero attached hydrogens (tertiary/aromatic N) is 6. The molecule has 4 heterocycles. The van der Waals surface area contributed by atoms with Crippen LogP contribution in [0.3, 0.4) is 0 Å². The molecule has 0 amide bonds. The van der Waals surface area contributed by atoms with Crippen LogP contribution in [0.4, 0.5) is 11.9 Å². The van der Waals surface area contributed by atoms with E-state index in [9.17, 15) is 0 Å². The molecule has 0 radical (unpaired) electrons. The van der Waals surface area contributed by atoms with Gasteiger partial charge >= 0.3 is 0 Å². The number of fused-ring (bicyclic) bond motifs is 1. The Morgan fingerprint density at radius 3 is 2.71 bits per heavy atom. The number of anilines is 2. The van der Waals surface area contributed by atoms with Crippen molar-refractivity contribution in [2.24, 2.45) is 0 Å². The maximum atomic E-state index is 6.23. The molecule has 1 aliphatic rings. The molecule has 178 valence electrons. The molecule has 0 saturated carbocycles. The second kappa shape index (κ2) is 11.4. The first kappa shape index (κ1) is 24.1. The second-order valence-electron chi connectivity index (χ2n) is 7.62. The average molecular weight is 502 g/mol. The third-order valence-electron chi connectivity index (χ3n) is 5.43. The molecule has 1 aliphatic heterocycles. The molecule has 12 heteroatoms. The average Bonchev–Trinajstić information content (AvgIpc) is 3.28. The van der Waals surface area contributed by atoms with Gasteiger partial charge in [-0.25, -0.2) is 15.0 Å². The number of rotatable bonds is 8. The summed E-state index contributed by atoms with van der Waals surface area (Å²) in [7, 11) is 0. The van der Waals surface area contributed by atoms with Crippen molar-refractivity contribution < 1.29 is 4.74 Å². The Morgan fingerprint density at radius 1 is 1.03 bits per heavy atom. The Hall–Kier alpha value is -3.05. The Bertz CT molecular complexity index is 1230. The molecule has 1 fully saturated rings. The minimum Gasteiger partial charge on any atom is -0.379 e. The van der Waals surface area contributed by atoms with Gasteiger partial charge in [-0.05, 0) is 17.7 Å². The molecule has 10 nitrogen and oxygen atoms in total. The topological polar surface area (TPSA) is 117 Å². The molecular formula is C22H25Cl2N9O. The van der Waals surface area contributed by atoms with Crippen molar-refractivity contribution in [1.82, 2.24) is 35.0 Å². The van der Waals surface area contributed by atoms with Crippen LogP contribution < -0.4 is 10.6 Å². The summed E-state index contributed by atoms with van der Waals surface area (Å²) in [5.74, 6) is 1.05. The standard InChI is InChI=1S/C22H24ClN9O.ClH/c23-17-4-2-1-3-15(17)13-26-21-24-6-5-18(28-21)19-16-14-27-22(29-20(16)31-30-19)25-7-8-32-9-11-33-12-10-32;/h1-6,14H,7-13H2,(H,24,26,28)(H2,25,27,29,30,31);1H. The molecule has 0 aliphatic carbocycles. The zero-order chi connectivity index (χ0) is 22.5. The van der Waals surface area contributed by atoms with E-state index in [0.29, 0.717) is 34.8 Å². The zero-order valence-electron chi connectivity index (χ0n) is 18.4. The molecule has 34 heavy (non-hydrogen) atoms. The van der Waals surface area contributed by atoms with Crippen LogP contribution in [-0.2, 0) is 11.3 Å². The summed E-state index contributed by atoms with van der Waals surface area (Å²) in [6, 6.07) is 9.49. The number of benzene rings is 1. The highest BCUT2D eigenvalue weighted by Gasteiger charge is 2.14. The van der Waals surface area contributed by atoms with Crippen LogP contribution in [-0.4, -0.2) is 74.4 Å². The summed E-state index contributed by atoms with van der Waals surface area (Å²) in [6.07, 6.45) is 3.46. The molecule has 0 spiro atoms. The van der Waals surface area contributed by atoms with Gasteiger partial charge in [-0.2, -0.15) is 10.1 Å². The first-order chi connectivity index (χ1) is 16.3. The second-order valence-corrected chi connectivity index (χ2v) is 8.03. The lowest BCUT2D eigenvalue weighted by Gasteiger charge is -2.26. The molecule has 3 aromatic heterocycles. The lowest BCUT2D eigenvalue weighted by atomic mass is 10.2. The SMILES string of the molecule is Cl.Clc1ccccc1CNc1nccc(-c2[nH]nc3nc(NCCN4CCOCC4)ncc23)n1. The van der Waals surface area contributed by atoms with Crippen LogP contribution >= 0.6 is 24.0 Å². The summed E-state index contributed by atoms with van der Waals surface area (Å²) in [4.78, 5) is 20.3. The number of ether oxygens (including phenoxy) is 1. The van der Waals surface area contributed by atoms with E-state index in [4.69, 9.17) is 16.3 Å². The van der Waals surface area contributed by atoms with Crippen molar-refractivity contribution in [1.29, 1.82) is 0 Å².